The second-order valence-corrected chi connectivity index (χ2v) is 6.61. The van der Waals surface area contributed by atoms with E-state index in [2.05, 4.69) is 0 Å². The summed E-state index contributed by atoms with van der Waals surface area (Å²) in [7, 11) is 0. The van der Waals surface area contributed by atoms with Crippen molar-refractivity contribution < 1.29 is 19.1 Å². The van der Waals surface area contributed by atoms with Crippen LogP contribution in [0.4, 0.5) is 0 Å². The van der Waals surface area contributed by atoms with Crippen molar-refractivity contribution in [1.29, 1.82) is 0 Å². The molecule has 0 aliphatic carbocycles. The van der Waals surface area contributed by atoms with Gasteiger partial charge in [-0.25, -0.2) is 4.79 Å². The van der Waals surface area contributed by atoms with Gasteiger partial charge < -0.3 is 9.47 Å². The highest BCUT2D eigenvalue weighted by molar-refractivity contribution is 5.95. The molecule has 2 rings (SSSR count). The Balaban J connectivity index is 1.94. The average molecular weight is 328 g/mol. The SMILES string of the molecule is CCC(C)(C)C(=O)OCC(C)OC(=O)c1ccc2ccccc2c1. The molecule has 0 aliphatic rings. The first kappa shape index (κ1) is 18.0. The Kier molecular flexibility index (Phi) is 5.60. The molecule has 1 atom stereocenters. The standard InChI is InChI=1S/C20H24O4/c1-5-20(3,4)19(22)23-13-14(2)24-18(21)17-11-10-15-8-6-7-9-16(15)12-17/h6-12,14H,5,13H2,1-4H3. The molecule has 24 heavy (non-hydrogen) atoms. The number of ether oxygens (including phenoxy) is 2. The summed E-state index contributed by atoms with van der Waals surface area (Å²) in [6, 6.07) is 13.2. The van der Waals surface area contributed by atoms with Crippen LogP contribution in [0.3, 0.4) is 0 Å². The average Bonchev–Trinajstić information content (AvgIpc) is 2.59. The molecule has 0 saturated heterocycles. The first-order valence-corrected chi connectivity index (χ1v) is 8.20. The van der Waals surface area contributed by atoms with E-state index in [1.165, 1.54) is 0 Å². The molecule has 0 heterocycles. The topological polar surface area (TPSA) is 52.6 Å². The van der Waals surface area contributed by atoms with Crippen LogP contribution in [-0.4, -0.2) is 24.6 Å². The van der Waals surface area contributed by atoms with Gasteiger partial charge in [0.1, 0.15) is 12.7 Å². The van der Waals surface area contributed by atoms with Crippen LogP contribution < -0.4 is 0 Å². The lowest BCUT2D eigenvalue weighted by Gasteiger charge is -2.22. The Morgan fingerprint density at radius 1 is 1.08 bits per heavy atom. The van der Waals surface area contributed by atoms with Gasteiger partial charge in [-0.15, -0.1) is 0 Å². The number of benzene rings is 2. The molecule has 0 saturated carbocycles. The zero-order valence-electron chi connectivity index (χ0n) is 14.7. The van der Waals surface area contributed by atoms with Crippen LogP contribution in [0.25, 0.3) is 10.8 Å². The first-order chi connectivity index (χ1) is 11.3. The van der Waals surface area contributed by atoms with Crippen LogP contribution in [0.5, 0.6) is 0 Å². The lowest BCUT2D eigenvalue weighted by molar-refractivity contribution is -0.156. The van der Waals surface area contributed by atoms with Crippen LogP contribution in [0.15, 0.2) is 42.5 Å². The molecule has 0 amide bonds. The van der Waals surface area contributed by atoms with Gasteiger partial charge in [0.05, 0.1) is 11.0 Å². The molecule has 128 valence electrons. The summed E-state index contributed by atoms with van der Waals surface area (Å²) < 4.78 is 10.6. The van der Waals surface area contributed by atoms with Crippen molar-refractivity contribution in [2.75, 3.05) is 6.61 Å². The van der Waals surface area contributed by atoms with Crippen LogP contribution in [0.2, 0.25) is 0 Å². The Bertz CT molecular complexity index is 733. The number of carbonyl (C=O) groups excluding carboxylic acids is 2. The summed E-state index contributed by atoms with van der Waals surface area (Å²) in [5.74, 6) is -0.697. The molecule has 0 aliphatic heterocycles. The normalized spacial score (nSPS) is 12.7. The maximum absolute atomic E-state index is 12.2. The fraction of sp³-hybridized carbons (Fsp3) is 0.400. The summed E-state index contributed by atoms with van der Waals surface area (Å²) >= 11 is 0. The predicted octanol–water partition coefficient (Wildman–Crippen LogP) is 4.36. The molecule has 1 unspecified atom stereocenters. The quantitative estimate of drug-likeness (QED) is 0.739. The fourth-order valence-corrected chi connectivity index (χ4v) is 2.13. The highest BCUT2D eigenvalue weighted by Gasteiger charge is 2.27. The Hall–Kier alpha value is -2.36. The van der Waals surface area contributed by atoms with Gasteiger partial charge in [0.15, 0.2) is 0 Å². The largest absolute Gasteiger partial charge is 0.461 e. The van der Waals surface area contributed by atoms with E-state index in [0.29, 0.717) is 12.0 Å². The zero-order valence-corrected chi connectivity index (χ0v) is 14.7. The van der Waals surface area contributed by atoms with Crippen molar-refractivity contribution in [1.82, 2.24) is 0 Å². The number of hydrogen-bond donors (Lipinski definition) is 0. The third-order valence-electron chi connectivity index (χ3n) is 4.18. The molecule has 0 fully saturated rings. The minimum Gasteiger partial charge on any atom is -0.461 e. The van der Waals surface area contributed by atoms with Crippen LogP contribution >= 0.6 is 0 Å². The second kappa shape index (κ2) is 7.47. The van der Waals surface area contributed by atoms with E-state index in [0.717, 1.165) is 10.8 Å². The maximum atomic E-state index is 12.2. The Morgan fingerprint density at radius 2 is 1.75 bits per heavy atom. The van der Waals surface area contributed by atoms with Crippen LogP contribution in [0.1, 0.15) is 44.5 Å². The smallest absolute Gasteiger partial charge is 0.338 e. The van der Waals surface area contributed by atoms with E-state index in [1.807, 2.05) is 51.1 Å². The van der Waals surface area contributed by atoms with Crippen molar-refractivity contribution in [3.8, 4) is 0 Å². The molecule has 0 radical (unpaired) electrons. The van der Waals surface area contributed by atoms with E-state index in [4.69, 9.17) is 9.47 Å². The van der Waals surface area contributed by atoms with E-state index < -0.39 is 17.5 Å². The van der Waals surface area contributed by atoms with Crippen LogP contribution in [0, 0.1) is 5.41 Å². The molecule has 0 N–H and O–H groups in total. The Labute approximate surface area is 142 Å². The lowest BCUT2D eigenvalue weighted by Crippen LogP contribution is -2.30. The van der Waals surface area contributed by atoms with Crippen molar-refractivity contribution in [3.05, 3.63) is 48.0 Å². The van der Waals surface area contributed by atoms with Crippen molar-refractivity contribution in [2.45, 2.75) is 40.2 Å². The molecular weight excluding hydrogens is 304 g/mol. The summed E-state index contributed by atoms with van der Waals surface area (Å²) in [5, 5.41) is 2.05. The number of esters is 2. The van der Waals surface area contributed by atoms with Gasteiger partial charge in [-0.05, 0) is 50.1 Å². The van der Waals surface area contributed by atoms with E-state index >= 15 is 0 Å². The van der Waals surface area contributed by atoms with E-state index in [1.54, 1.807) is 19.1 Å². The second-order valence-electron chi connectivity index (χ2n) is 6.61. The zero-order chi connectivity index (χ0) is 17.7. The van der Waals surface area contributed by atoms with E-state index in [9.17, 15) is 9.59 Å². The van der Waals surface area contributed by atoms with Crippen molar-refractivity contribution in [3.63, 3.8) is 0 Å². The maximum Gasteiger partial charge on any atom is 0.338 e. The van der Waals surface area contributed by atoms with Gasteiger partial charge in [0, 0.05) is 0 Å². The monoisotopic (exact) mass is 328 g/mol. The minimum atomic E-state index is -0.526. The number of rotatable bonds is 6. The molecule has 0 bridgehead atoms. The third-order valence-corrected chi connectivity index (χ3v) is 4.18. The fourth-order valence-electron chi connectivity index (χ4n) is 2.13. The predicted molar refractivity (Wildman–Crippen MR) is 93.9 cm³/mol. The van der Waals surface area contributed by atoms with Crippen molar-refractivity contribution in [2.24, 2.45) is 5.41 Å². The van der Waals surface area contributed by atoms with E-state index in [-0.39, 0.29) is 12.6 Å². The minimum absolute atomic E-state index is 0.0571. The van der Waals surface area contributed by atoms with Gasteiger partial charge >= 0.3 is 11.9 Å². The highest BCUT2D eigenvalue weighted by Crippen LogP contribution is 2.22. The van der Waals surface area contributed by atoms with Gasteiger partial charge in [-0.3, -0.25) is 4.79 Å². The number of fused-ring (bicyclic) bond motifs is 1. The van der Waals surface area contributed by atoms with Gasteiger partial charge in [-0.2, -0.15) is 0 Å². The lowest BCUT2D eigenvalue weighted by atomic mass is 9.91. The summed E-state index contributed by atoms with van der Waals surface area (Å²) in [6.07, 6.45) is 0.192. The highest BCUT2D eigenvalue weighted by atomic mass is 16.6. The van der Waals surface area contributed by atoms with Gasteiger partial charge in [-0.1, -0.05) is 37.3 Å². The Morgan fingerprint density at radius 3 is 2.42 bits per heavy atom. The van der Waals surface area contributed by atoms with Crippen LogP contribution in [-0.2, 0) is 14.3 Å². The summed E-state index contributed by atoms with van der Waals surface area (Å²) in [6.45, 7) is 7.37. The molecule has 0 aromatic heterocycles. The molecule has 4 heteroatoms. The summed E-state index contributed by atoms with van der Waals surface area (Å²) in [5.41, 5.74) is -0.0389. The number of carbonyl (C=O) groups is 2. The summed E-state index contributed by atoms with van der Waals surface area (Å²) in [4.78, 5) is 24.2. The molecule has 2 aromatic rings. The molecule has 2 aromatic carbocycles. The number of hydrogen-bond acceptors (Lipinski definition) is 4. The van der Waals surface area contributed by atoms with Crippen molar-refractivity contribution >= 4 is 22.7 Å². The molecule has 4 nitrogen and oxygen atoms in total. The third kappa shape index (κ3) is 4.34. The van der Waals surface area contributed by atoms with Gasteiger partial charge in [0.25, 0.3) is 0 Å². The first-order valence-electron chi connectivity index (χ1n) is 8.20. The molecule has 0 spiro atoms. The van der Waals surface area contributed by atoms with Gasteiger partial charge in [0.2, 0.25) is 0 Å². The molecular formula is C20H24O4.